The van der Waals surface area contributed by atoms with Crippen LogP contribution in [0.2, 0.25) is 0 Å². The van der Waals surface area contributed by atoms with Crippen molar-refractivity contribution in [2.24, 2.45) is 0 Å². The van der Waals surface area contributed by atoms with Gasteiger partial charge in [-0.3, -0.25) is 9.38 Å². The maximum Gasteiger partial charge on any atom is 0.194 e. The van der Waals surface area contributed by atoms with Gasteiger partial charge < -0.3 is 10.6 Å². The lowest BCUT2D eigenvalue weighted by Crippen LogP contribution is -2.46. The molecular formula is C18H24N6S. The molecule has 1 fully saturated rings. The first-order valence-corrected chi connectivity index (χ1v) is 9.72. The van der Waals surface area contributed by atoms with Gasteiger partial charge >= 0.3 is 0 Å². The lowest BCUT2D eigenvalue weighted by atomic mass is 10.00. The smallest absolute Gasteiger partial charge is 0.194 e. The maximum atomic E-state index is 4.79. The van der Waals surface area contributed by atoms with Gasteiger partial charge in [0, 0.05) is 23.2 Å². The van der Waals surface area contributed by atoms with Crippen molar-refractivity contribution in [3.63, 3.8) is 0 Å². The highest BCUT2D eigenvalue weighted by Gasteiger charge is 2.21. The molecule has 4 heterocycles. The predicted octanol–water partition coefficient (Wildman–Crippen LogP) is 3.53. The fourth-order valence-electron chi connectivity index (χ4n) is 3.25. The van der Waals surface area contributed by atoms with Crippen LogP contribution >= 0.6 is 11.3 Å². The third-order valence-corrected chi connectivity index (χ3v) is 6.09. The number of imidazole rings is 1. The van der Waals surface area contributed by atoms with Crippen LogP contribution in [0.15, 0.2) is 24.8 Å². The second kappa shape index (κ2) is 6.72. The second-order valence-corrected chi connectivity index (χ2v) is 8.05. The second-order valence-electron chi connectivity index (χ2n) is 7.01. The van der Waals surface area contributed by atoms with Gasteiger partial charge in [-0.2, -0.15) is 0 Å². The Balaban J connectivity index is 1.63. The first-order valence-electron chi connectivity index (χ1n) is 8.91. The van der Waals surface area contributed by atoms with E-state index in [2.05, 4.69) is 52.0 Å². The Labute approximate surface area is 151 Å². The van der Waals surface area contributed by atoms with E-state index in [4.69, 9.17) is 4.98 Å². The van der Waals surface area contributed by atoms with Crippen molar-refractivity contribution in [1.82, 2.24) is 24.7 Å². The molecule has 3 aromatic heterocycles. The number of nitrogens with zero attached hydrogens (tertiary/aromatic N) is 4. The number of rotatable bonds is 4. The van der Waals surface area contributed by atoms with Crippen LogP contribution in [0.25, 0.3) is 16.3 Å². The highest BCUT2D eigenvalue weighted by molar-refractivity contribution is 7.17. The van der Waals surface area contributed by atoms with Crippen LogP contribution < -0.4 is 10.6 Å². The van der Waals surface area contributed by atoms with Crippen molar-refractivity contribution >= 4 is 22.1 Å². The summed E-state index contributed by atoms with van der Waals surface area (Å²) < 4.78 is 2.12. The summed E-state index contributed by atoms with van der Waals surface area (Å²) in [6.45, 7) is 7.71. The van der Waals surface area contributed by atoms with Crippen molar-refractivity contribution < 1.29 is 0 Å². The first-order chi connectivity index (χ1) is 12.1. The number of aromatic nitrogens is 4. The zero-order chi connectivity index (χ0) is 17.4. The molecule has 6 nitrogen and oxygen atoms in total. The van der Waals surface area contributed by atoms with Crippen LogP contribution in [0, 0.1) is 0 Å². The molecule has 3 aromatic rings. The minimum absolute atomic E-state index is 0.387. The number of fused-ring (bicyclic) bond motifs is 1. The molecule has 0 aliphatic carbocycles. The summed E-state index contributed by atoms with van der Waals surface area (Å²) in [7, 11) is 0. The molecule has 0 radical (unpaired) electrons. The summed E-state index contributed by atoms with van der Waals surface area (Å²) in [4.78, 5) is 16.1. The van der Waals surface area contributed by atoms with Crippen molar-refractivity contribution in [3.8, 4) is 11.4 Å². The molecule has 2 N–H and O–H groups in total. The number of thiazole rings is 1. The van der Waals surface area contributed by atoms with Gasteiger partial charge in [-0.1, -0.05) is 13.8 Å². The molecule has 0 saturated carbocycles. The van der Waals surface area contributed by atoms with Crippen LogP contribution in [-0.2, 0) is 0 Å². The van der Waals surface area contributed by atoms with E-state index in [1.54, 1.807) is 17.5 Å². The monoisotopic (exact) mass is 356 g/mol. The highest BCUT2D eigenvalue weighted by atomic mass is 32.1. The third-order valence-electron chi connectivity index (χ3n) is 4.79. The van der Waals surface area contributed by atoms with Gasteiger partial charge in [0.2, 0.25) is 0 Å². The fraction of sp³-hybridized carbons (Fsp3) is 0.500. The first kappa shape index (κ1) is 16.5. The zero-order valence-electron chi connectivity index (χ0n) is 14.9. The van der Waals surface area contributed by atoms with Gasteiger partial charge in [0.25, 0.3) is 0 Å². The van der Waals surface area contributed by atoms with E-state index in [-0.39, 0.29) is 0 Å². The number of hydrogen-bond acceptors (Lipinski definition) is 6. The standard InChI is InChI=1S/C18H24N6S/c1-11(2)16-10-24-15(8-21-18(24)25-16)14-7-19-9-17(23-14)22-13-5-4-6-20-12(13)3/h7-13,20H,4-6H2,1-3H3,(H,22,23)/t12-,13+/m1/s1. The van der Waals surface area contributed by atoms with Crippen molar-refractivity contribution in [2.75, 3.05) is 11.9 Å². The normalized spacial score (nSPS) is 21.1. The molecule has 25 heavy (non-hydrogen) atoms. The topological polar surface area (TPSA) is 67.1 Å². The molecule has 1 aliphatic rings. The number of nitrogens with one attached hydrogen (secondary N) is 2. The molecule has 4 rings (SSSR count). The Morgan fingerprint density at radius 1 is 1.32 bits per heavy atom. The summed E-state index contributed by atoms with van der Waals surface area (Å²) in [5, 5.41) is 7.05. The quantitative estimate of drug-likeness (QED) is 0.748. The lowest BCUT2D eigenvalue weighted by Gasteiger charge is -2.30. The molecule has 132 valence electrons. The molecule has 0 bridgehead atoms. The maximum absolute atomic E-state index is 4.79. The molecule has 0 amide bonds. The number of piperidine rings is 1. The SMILES string of the molecule is CC(C)c1cn2c(-c3cncc(N[C@H]4CCCN[C@@H]4C)n3)cnc2s1. The summed E-state index contributed by atoms with van der Waals surface area (Å²) in [5.74, 6) is 1.33. The Bertz CT molecular complexity index is 867. The average Bonchev–Trinajstić information content (AvgIpc) is 3.18. The summed E-state index contributed by atoms with van der Waals surface area (Å²) in [6.07, 6.45) is 10.0. The van der Waals surface area contributed by atoms with Gasteiger partial charge in [0.1, 0.15) is 11.5 Å². The van der Waals surface area contributed by atoms with Gasteiger partial charge in [0.05, 0.1) is 24.3 Å². The van der Waals surface area contributed by atoms with E-state index >= 15 is 0 Å². The molecule has 0 spiro atoms. The fourth-order valence-corrected chi connectivity index (χ4v) is 4.21. The number of anilines is 1. The highest BCUT2D eigenvalue weighted by Crippen LogP contribution is 2.29. The van der Waals surface area contributed by atoms with E-state index in [1.165, 1.54) is 11.3 Å². The molecule has 2 atom stereocenters. The molecule has 0 unspecified atom stereocenters. The summed E-state index contributed by atoms with van der Waals surface area (Å²) in [6, 6.07) is 0.823. The third kappa shape index (κ3) is 3.26. The van der Waals surface area contributed by atoms with Gasteiger partial charge in [-0.25, -0.2) is 9.97 Å². The van der Waals surface area contributed by atoms with Crippen molar-refractivity contribution in [1.29, 1.82) is 0 Å². The average molecular weight is 356 g/mol. The largest absolute Gasteiger partial charge is 0.364 e. The van der Waals surface area contributed by atoms with Gasteiger partial charge in [-0.15, -0.1) is 11.3 Å². The predicted molar refractivity (Wildman–Crippen MR) is 102 cm³/mol. The van der Waals surface area contributed by atoms with E-state index in [0.717, 1.165) is 35.1 Å². The molecular weight excluding hydrogens is 332 g/mol. The summed E-state index contributed by atoms with van der Waals surface area (Å²) >= 11 is 1.73. The minimum atomic E-state index is 0.387. The molecule has 1 aliphatic heterocycles. The zero-order valence-corrected chi connectivity index (χ0v) is 15.7. The minimum Gasteiger partial charge on any atom is -0.364 e. The van der Waals surface area contributed by atoms with Gasteiger partial charge in [-0.05, 0) is 32.2 Å². The van der Waals surface area contributed by atoms with E-state index in [1.807, 2.05) is 12.4 Å². The van der Waals surface area contributed by atoms with Crippen LogP contribution in [-0.4, -0.2) is 38.0 Å². The Morgan fingerprint density at radius 2 is 2.20 bits per heavy atom. The van der Waals surface area contributed by atoms with Crippen LogP contribution in [0.3, 0.4) is 0 Å². The van der Waals surface area contributed by atoms with E-state index < -0.39 is 0 Å². The van der Waals surface area contributed by atoms with Gasteiger partial charge in [0.15, 0.2) is 4.96 Å². The molecule has 0 aromatic carbocycles. The van der Waals surface area contributed by atoms with Crippen LogP contribution in [0.5, 0.6) is 0 Å². The number of hydrogen-bond donors (Lipinski definition) is 2. The van der Waals surface area contributed by atoms with E-state index in [9.17, 15) is 0 Å². The summed E-state index contributed by atoms with van der Waals surface area (Å²) in [5.41, 5.74) is 1.84. The van der Waals surface area contributed by atoms with Crippen molar-refractivity contribution in [2.45, 2.75) is 51.6 Å². The van der Waals surface area contributed by atoms with Crippen LogP contribution in [0.4, 0.5) is 5.82 Å². The lowest BCUT2D eigenvalue weighted by molar-refractivity contribution is 0.388. The molecule has 7 heteroatoms. The van der Waals surface area contributed by atoms with Crippen molar-refractivity contribution in [3.05, 3.63) is 29.7 Å². The Kier molecular flexibility index (Phi) is 4.43. The van der Waals surface area contributed by atoms with E-state index in [0.29, 0.717) is 18.0 Å². The Hall–Kier alpha value is -1.99. The molecule has 1 saturated heterocycles. The van der Waals surface area contributed by atoms with Crippen LogP contribution in [0.1, 0.15) is 44.4 Å². The Morgan fingerprint density at radius 3 is 3.00 bits per heavy atom.